The third kappa shape index (κ3) is 3.80. The van der Waals surface area contributed by atoms with Crippen molar-refractivity contribution in [2.24, 2.45) is 11.8 Å². The first kappa shape index (κ1) is 12.5. The van der Waals surface area contributed by atoms with Crippen LogP contribution in [0.1, 0.15) is 13.3 Å². The summed E-state index contributed by atoms with van der Waals surface area (Å²) in [4.78, 5) is 13.7. The number of hydrogen-bond acceptors (Lipinski definition) is 3. The van der Waals surface area contributed by atoms with E-state index in [1.165, 1.54) is 0 Å². The molecular weight excluding hydrogens is 192 g/mol. The van der Waals surface area contributed by atoms with Gasteiger partial charge in [0.1, 0.15) is 0 Å². The molecule has 4 nitrogen and oxygen atoms in total. The van der Waals surface area contributed by atoms with Crippen molar-refractivity contribution >= 4 is 5.91 Å². The first-order valence-electron chi connectivity index (χ1n) is 5.62. The Labute approximate surface area is 92.0 Å². The average Bonchev–Trinajstić information content (AvgIpc) is 2.69. The number of hydrogen-bond donors (Lipinski definition) is 1. The maximum absolute atomic E-state index is 11.9. The summed E-state index contributed by atoms with van der Waals surface area (Å²) in [5, 5.41) is 3.02. The zero-order valence-corrected chi connectivity index (χ0v) is 9.95. The van der Waals surface area contributed by atoms with Gasteiger partial charge in [0.05, 0.1) is 6.61 Å². The summed E-state index contributed by atoms with van der Waals surface area (Å²) in [6, 6.07) is 0. The quantitative estimate of drug-likeness (QED) is 0.717. The molecule has 0 bridgehead atoms. The molecule has 0 aliphatic carbocycles. The van der Waals surface area contributed by atoms with Gasteiger partial charge in [0, 0.05) is 38.6 Å². The summed E-state index contributed by atoms with van der Waals surface area (Å²) < 4.78 is 5.30. The summed E-state index contributed by atoms with van der Waals surface area (Å²) >= 11 is 0. The molecule has 1 saturated heterocycles. The number of rotatable bonds is 5. The van der Waals surface area contributed by atoms with Crippen LogP contribution < -0.4 is 5.32 Å². The van der Waals surface area contributed by atoms with Crippen LogP contribution in [0, 0.1) is 11.8 Å². The molecule has 1 rings (SSSR count). The molecule has 0 radical (unpaired) electrons. The maximum Gasteiger partial charge on any atom is 0.226 e. The van der Waals surface area contributed by atoms with Gasteiger partial charge in [0.25, 0.3) is 0 Å². The van der Waals surface area contributed by atoms with Crippen molar-refractivity contribution in [3.63, 3.8) is 0 Å². The van der Waals surface area contributed by atoms with Gasteiger partial charge in [-0.05, 0) is 13.5 Å². The van der Waals surface area contributed by atoms with Crippen molar-refractivity contribution < 1.29 is 9.53 Å². The highest BCUT2D eigenvalue weighted by Gasteiger charge is 2.22. The number of ether oxygens (including phenoxy) is 1. The second-order valence-corrected chi connectivity index (χ2v) is 4.41. The van der Waals surface area contributed by atoms with Crippen molar-refractivity contribution in [2.75, 3.05) is 40.4 Å². The van der Waals surface area contributed by atoms with E-state index >= 15 is 0 Å². The summed E-state index contributed by atoms with van der Waals surface area (Å²) in [5.41, 5.74) is 0. The molecule has 0 aromatic heterocycles. The molecule has 1 amide bonds. The van der Waals surface area contributed by atoms with E-state index in [4.69, 9.17) is 4.74 Å². The summed E-state index contributed by atoms with van der Waals surface area (Å²) in [6.07, 6.45) is 1.08. The van der Waals surface area contributed by atoms with Gasteiger partial charge in [-0.15, -0.1) is 0 Å². The lowest BCUT2D eigenvalue weighted by molar-refractivity contribution is -0.134. The number of amides is 1. The Morgan fingerprint density at radius 3 is 2.93 bits per heavy atom. The minimum atomic E-state index is 0.0577. The molecule has 2 atom stereocenters. The van der Waals surface area contributed by atoms with Crippen LogP contribution in [0.3, 0.4) is 0 Å². The maximum atomic E-state index is 11.9. The molecule has 1 heterocycles. The summed E-state index contributed by atoms with van der Waals surface area (Å²) in [5.74, 6) is 0.805. The van der Waals surface area contributed by atoms with Gasteiger partial charge in [-0.25, -0.2) is 0 Å². The van der Waals surface area contributed by atoms with Crippen molar-refractivity contribution in [3.05, 3.63) is 0 Å². The highest BCUT2D eigenvalue weighted by atomic mass is 16.5. The number of nitrogens with zero attached hydrogens (tertiary/aromatic N) is 1. The fourth-order valence-electron chi connectivity index (χ4n) is 1.97. The Morgan fingerprint density at radius 1 is 1.67 bits per heavy atom. The second-order valence-electron chi connectivity index (χ2n) is 4.41. The van der Waals surface area contributed by atoms with Crippen molar-refractivity contribution in [1.82, 2.24) is 10.2 Å². The van der Waals surface area contributed by atoms with Gasteiger partial charge < -0.3 is 15.0 Å². The minimum Gasteiger partial charge on any atom is -0.381 e. The molecule has 4 heteroatoms. The molecule has 1 fully saturated rings. The monoisotopic (exact) mass is 214 g/mol. The van der Waals surface area contributed by atoms with E-state index in [0.29, 0.717) is 5.92 Å². The van der Waals surface area contributed by atoms with Gasteiger partial charge in [-0.1, -0.05) is 6.92 Å². The van der Waals surface area contributed by atoms with Crippen molar-refractivity contribution in [2.45, 2.75) is 13.3 Å². The molecule has 88 valence electrons. The van der Waals surface area contributed by atoms with E-state index in [2.05, 4.69) is 5.32 Å². The zero-order chi connectivity index (χ0) is 11.3. The first-order valence-corrected chi connectivity index (χ1v) is 5.62. The van der Waals surface area contributed by atoms with Gasteiger partial charge in [-0.2, -0.15) is 0 Å². The third-order valence-electron chi connectivity index (χ3n) is 2.86. The van der Waals surface area contributed by atoms with E-state index in [1.54, 1.807) is 0 Å². The summed E-state index contributed by atoms with van der Waals surface area (Å²) in [6.45, 7) is 5.18. The fraction of sp³-hybridized carbons (Fsp3) is 0.909. The Hall–Kier alpha value is -0.610. The lowest BCUT2D eigenvalue weighted by Gasteiger charge is -2.23. The van der Waals surface area contributed by atoms with E-state index in [9.17, 15) is 4.79 Å². The van der Waals surface area contributed by atoms with Crippen LogP contribution in [-0.4, -0.2) is 51.2 Å². The van der Waals surface area contributed by atoms with E-state index in [1.807, 2.05) is 25.9 Å². The van der Waals surface area contributed by atoms with Crippen LogP contribution >= 0.6 is 0 Å². The predicted molar refractivity (Wildman–Crippen MR) is 59.7 cm³/mol. The molecule has 0 saturated carbocycles. The molecule has 2 unspecified atom stereocenters. The molecule has 0 spiro atoms. The lowest BCUT2D eigenvalue weighted by atomic mass is 10.1. The smallest absolute Gasteiger partial charge is 0.226 e. The normalized spacial score (nSPS) is 22.7. The predicted octanol–water partition coefficient (Wildman–Crippen LogP) is 0.337. The Balaban J connectivity index is 2.31. The van der Waals surface area contributed by atoms with E-state index in [-0.39, 0.29) is 11.8 Å². The highest BCUT2D eigenvalue weighted by Crippen LogP contribution is 2.14. The number of carbonyl (C=O) groups excluding carboxylic acids is 1. The van der Waals surface area contributed by atoms with Gasteiger partial charge >= 0.3 is 0 Å². The SMILES string of the molecule is CNCC(C)C(=O)N(C)CC1CCOC1. The van der Waals surface area contributed by atoms with E-state index in [0.717, 1.165) is 32.7 Å². The minimum absolute atomic E-state index is 0.0577. The summed E-state index contributed by atoms with van der Waals surface area (Å²) in [7, 11) is 3.75. The third-order valence-corrected chi connectivity index (χ3v) is 2.86. The lowest BCUT2D eigenvalue weighted by Crippen LogP contribution is -2.38. The molecular formula is C11H22N2O2. The molecule has 1 aliphatic rings. The van der Waals surface area contributed by atoms with Crippen LogP contribution in [0.15, 0.2) is 0 Å². The molecule has 1 N–H and O–H groups in total. The van der Waals surface area contributed by atoms with Crippen molar-refractivity contribution in [3.8, 4) is 0 Å². The standard InChI is InChI=1S/C11H22N2O2/c1-9(6-12-2)11(14)13(3)7-10-4-5-15-8-10/h9-10,12H,4-8H2,1-3H3. The Bertz CT molecular complexity index is 203. The van der Waals surface area contributed by atoms with Crippen LogP contribution in [0.2, 0.25) is 0 Å². The van der Waals surface area contributed by atoms with Crippen LogP contribution in [0.4, 0.5) is 0 Å². The van der Waals surface area contributed by atoms with Gasteiger partial charge in [0.2, 0.25) is 5.91 Å². The van der Waals surface area contributed by atoms with Gasteiger partial charge in [0.15, 0.2) is 0 Å². The average molecular weight is 214 g/mol. The van der Waals surface area contributed by atoms with Crippen LogP contribution in [0.5, 0.6) is 0 Å². The highest BCUT2D eigenvalue weighted by molar-refractivity contribution is 5.78. The Kier molecular flexibility index (Phi) is 5.05. The number of nitrogens with one attached hydrogen (secondary N) is 1. The molecule has 0 aromatic rings. The zero-order valence-electron chi connectivity index (χ0n) is 9.95. The number of carbonyl (C=O) groups is 1. The molecule has 1 aliphatic heterocycles. The topological polar surface area (TPSA) is 41.6 Å². The first-order chi connectivity index (χ1) is 7.15. The fourth-order valence-corrected chi connectivity index (χ4v) is 1.97. The molecule has 15 heavy (non-hydrogen) atoms. The van der Waals surface area contributed by atoms with E-state index < -0.39 is 0 Å². The Morgan fingerprint density at radius 2 is 2.40 bits per heavy atom. The molecule has 0 aromatic carbocycles. The van der Waals surface area contributed by atoms with Crippen LogP contribution in [-0.2, 0) is 9.53 Å². The largest absolute Gasteiger partial charge is 0.381 e. The van der Waals surface area contributed by atoms with Crippen molar-refractivity contribution in [1.29, 1.82) is 0 Å². The van der Waals surface area contributed by atoms with Gasteiger partial charge in [-0.3, -0.25) is 4.79 Å². The second kappa shape index (κ2) is 6.08. The van der Waals surface area contributed by atoms with Crippen LogP contribution in [0.25, 0.3) is 0 Å².